The SMILES string of the molecule is COc1ccc(S(=O)(=O)N2CCC(C(=O)NCCCCn3ccnc3)CC2)cc1OC. The van der Waals surface area contributed by atoms with Crippen LogP contribution < -0.4 is 14.8 Å². The van der Waals surface area contributed by atoms with Crippen LogP contribution in [0.2, 0.25) is 0 Å². The zero-order chi connectivity index (χ0) is 22.3. The Labute approximate surface area is 183 Å². The van der Waals surface area contributed by atoms with Crippen molar-refractivity contribution in [2.24, 2.45) is 5.92 Å². The summed E-state index contributed by atoms with van der Waals surface area (Å²) < 4.78 is 39.8. The molecule has 1 fully saturated rings. The monoisotopic (exact) mass is 450 g/mol. The number of imidazole rings is 1. The second kappa shape index (κ2) is 10.6. The number of aromatic nitrogens is 2. The van der Waals surface area contributed by atoms with Crippen LogP contribution in [0, 0.1) is 5.92 Å². The fraction of sp³-hybridized carbons (Fsp3) is 0.524. The van der Waals surface area contributed by atoms with Crippen molar-refractivity contribution in [2.45, 2.75) is 37.1 Å². The first kappa shape index (κ1) is 23.1. The maximum Gasteiger partial charge on any atom is 0.243 e. The van der Waals surface area contributed by atoms with Gasteiger partial charge in [0, 0.05) is 50.6 Å². The molecule has 0 aliphatic carbocycles. The molecule has 2 heterocycles. The van der Waals surface area contributed by atoms with E-state index in [1.807, 2.05) is 10.8 Å². The van der Waals surface area contributed by atoms with Gasteiger partial charge in [-0.2, -0.15) is 4.31 Å². The molecular weight excluding hydrogens is 420 g/mol. The predicted octanol–water partition coefficient (Wildman–Crippen LogP) is 1.90. The molecular formula is C21H30N4O5S. The van der Waals surface area contributed by atoms with E-state index in [4.69, 9.17) is 9.47 Å². The Hall–Kier alpha value is -2.59. The van der Waals surface area contributed by atoms with Gasteiger partial charge in [0.2, 0.25) is 15.9 Å². The summed E-state index contributed by atoms with van der Waals surface area (Å²) in [4.78, 5) is 16.6. The maximum atomic E-state index is 13.0. The Kier molecular flexibility index (Phi) is 7.91. The van der Waals surface area contributed by atoms with Crippen molar-refractivity contribution in [3.05, 3.63) is 36.9 Å². The molecule has 31 heavy (non-hydrogen) atoms. The number of rotatable bonds is 10. The molecule has 1 aromatic heterocycles. The minimum Gasteiger partial charge on any atom is -0.493 e. The highest BCUT2D eigenvalue weighted by molar-refractivity contribution is 7.89. The molecule has 9 nitrogen and oxygen atoms in total. The van der Waals surface area contributed by atoms with Crippen molar-refractivity contribution in [2.75, 3.05) is 33.9 Å². The number of nitrogens with one attached hydrogen (secondary N) is 1. The van der Waals surface area contributed by atoms with Crippen molar-refractivity contribution in [3.8, 4) is 11.5 Å². The maximum absolute atomic E-state index is 13.0. The number of benzene rings is 1. The number of hydrogen-bond acceptors (Lipinski definition) is 6. The summed E-state index contributed by atoms with van der Waals surface area (Å²) >= 11 is 0. The first-order chi connectivity index (χ1) is 15.0. The van der Waals surface area contributed by atoms with E-state index in [1.165, 1.54) is 30.7 Å². The molecule has 3 rings (SSSR count). The van der Waals surface area contributed by atoms with Crippen LogP contribution in [0.5, 0.6) is 11.5 Å². The van der Waals surface area contributed by atoms with E-state index in [0.717, 1.165) is 19.4 Å². The average Bonchev–Trinajstić information content (AvgIpc) is 3.31. The van der Waals surface area contributed by atoms with Gasteiger partial charge in [-0.1, -0.05) is 0 Å². The summed E-state index contributed by atoms with van der Waals surface area (Å²) in [5, 5.41) is 2.98. The predicted molar refractivity (Wildman–Crippen MR) is 115 cm³/mol. The number of methoxy groups -OCH3 is 2. The van der Waals surface area contributed by atoms with E-state index in [1.54, 1.807) is 18.6 Å². The summed E-state index contributed by atoms with van der Waals surface area (Å²) in [7, 11) is -0.686. The molecule has 0 atom stereocenters. The zero-order valence-corrected chi connectivity index (χ0v) is 18.8. The largest absolute Gasteiger partial charge is 0.493 e. The molecule has 0 spiro atoms. The fourth-order valence-electron chi connectivity index (χ4n) is 3.68. The molecule has 0 unspecified atom stereocenters. The van der Waals surface area contributed by atoms with Crippen molar-refractivity contribution in [1.82, 2.24) is 19.2 Å². The molecule has 1 saturated heterocycles. The summed E-state index contributed by atoms with van der Waals surface area (Å²) in [5.41, 5.74) is 0. The third kappa shape index (κ3) is 5.76. The van der Waals surface area contributed by atoms with Crippen molar-refractivity contribution >= 4 is 15.9 Å². The van der Waals surface area contributed by atoms with E-state index >= 15 is 0 Å². The van der Waals surface area contributed by atoms with Crippen LogP contribution >= 0.6 is 0 Å². The van der Waals surface area contributed by atoms with Gasteiger partial charge in [-0.15, -0.1) is 0 Å². The molecule has 1 aliphatic rings. The number of unbranched alkanes of at least 4 members (excludes halogenated alkanes) is 1. The smallest absolute Gasteiger partial charge is 0.243 e. The molecule has 0 saturated carbocycles. The summed E-state index contributed by atoms with van der Waals surface area (Å²) in [6.45, 7) is 2.13. The van der Waals surface area contributed by atoms with Crippen LogP contribution in [0.3, 0.4) is 0 Å². The van der Waals surface area contributed by atoms with Gasteiger partial charge in [-0.3, -0.25) is 4.79 Å². The van der Waals surface area contributed by atoms with Gasteiger partial charge in [0.1, 0.15) is 0 Å². The zero-order valence-electron chi connectivity index (χ0n) is 18.0. The van der Waals surface area contributed by atoms with Crippen molar-refractivity contribution < 1.29 is 22.7 Å². The Morgan fingerprint density at radius 2 is 1.90 bits per heavy atom. The van der Waals surface area contributed by atoms with Crippen LogP contribution in [0.15, 0.2) is 41.8 Å². The van der Waals surface area contributed by atoms with Crippen LogP contribution in [0.25, 0.3) is 0 Å². The highest BCUT2D eigenvalue weighted by Crippen LogP contribution is 2.32. The number of hydrogen-bond donors (Lipinski definition) is 1. The lowest BCUT2D eigenvalue weighted by molar-refractivity contribution is -0.126. The normalized spacial score (nSPS) is 15.5. The molecule has 1 aliphatic heterocycles. The van der Waals surface area contributed by atoms with Gasteiger partial charge in [0.05, 0.1) is 25.4 Å². The van der Waals surface area contributed by atoms with Crippen LogP contribution in [-0.4, -0.2) is 62.0 Å². The highest BCUT2D eigenvalue weighted by Gasteiger charge is 2.32. The van der Waals surface area contributed by atoms with E-state index in [9.17, 15) is 13.2 Å². The summed E-state index contributed by atoms with van der Waals surface area (Å²) in [6.07, 6.45) is 8.31. The van der Waals surface area contributed by atoms with Gasteiger partial charge >= 0.3 is 0 Å². The molecule has 1 aromatic carbocycles. The van der Waals surface area contributed by atoms with Gasteiger partial charge in [-0.25, -0.2) is 13.4 Å². The minimum atomic E-state index is -3.66. The van der Waals surface area contributed by atoms with Crippen LogP contribution in [-0.2, 0) is 21.4 Å². The van der Waals surface area contributed by atoms with Crippen LogP contribution in [0.1, 0.15) is 25.7 Å². The third-order valence-corrected chi connectivity index (χ3v) is 7.41. The minimum absolute atomic E-state index is 0.00537. The molecule has 10 heteroatoms. The molecule has 1 amide bonds. The molecule has 2 aromatic rings. The molecule has 0 radical (unpaired) electrons. The number of carbonyl (C=O) groups excluding carboxylic acids is 1. The Balaban J connectivity index is 1.46. The second-order valence-electron chi connectivity index (χ2n) is 7.49. The topological polar surface area (TPSA) is 103 Å². The number of sulfonamides is 1. The van der Waals surface area contributed by atoms with Crippen molar-refractivity contribution in [1.29, 1.82) is 0 Å². The lowest BCUT2D eigenvalue weighted by atomic mass is 9.97. The summed E-state index contributed by atoms with van der Waals surface area (Å²) in [5.74, 6) is 0.684. The summed E-state index contributed by atoms with van der Waals surface area (Å²) in [6, 6.07) is 4.56. The first-order valence-electron chi connectivity index (χ1n) is 10.4. The second-order valence-corrected chi connectivity index (χ2v) is 9.43. The lowest BCUT2D eigenvalue weighted by Gasteiger charge is -2.30. The Bertz CT molecular complexity index is 954. The average molecular weight is 451 g/mol. The van der Waals surface area contributed by atoms with Crippen LogP contribution in [0.4, 0.5) is 0 Å². The lowest BCUT2D eigenvalue weighted by Crippen LogP contribution is -2.43. The van der Waals surface area contributed by atoms with E-state index in [-0.39, 0.29) is 16.7 Å². The fourth-order valence-corrected chi connectivity index (χ4v) is 5.16. The highest BCUT2D eigenvalue weighted by atomic mass is 32.2. The number of piperidine rings is 1. The van der Waals surface area contributed by atoms with Gasteiger partial charge < -0.3 is 19.4 Å². The van der Waals surface area contributed by atoms with Crippen molar-refractivity contribution in [3.63, 3.8) is 0 Å². The number of amides is 1. The molecule has 170 valence electrons. The molecule has 1 N–H and O–H groups in total. The van der Waals surface area contributed by atoms with E-state index in [2.05, 4.69) is 10.3 Å². The van der Waals surface area contributed by atoms with Gasteiger partial charge in [0.15, 0.2) is 11.5 Å². The number of carbonyl (C=O) groups is 1. The molecule has 0 bridgehead atoms. The first-order valence-corrected chi connectivity index (χ1v) is 11.9. The third-order valence-electron chi connectivity index (χ3n) is 5.52. The van der Waals surface area contributed by atoms with Gasteiger partial charge in [0.25, 0.3) is 0 Å². The Morgan fingerprint density at radius 1 is 1.16 bits per heavy atom. The standard InChI is InChI=1S/C21H30N4O5S/c1-29-19-6-5-18(15-20(19)30-2)31(27,28)25-12-7-17(8-13-25)21(26)23-9-3-4-11-24-14-10-22-16-24/h5-6,10,14-17H,3-4,7-9,11-13H2,1-2H3,(H,23,26). The number of ether oxygens (including phenoxy) is 2. The Morgan fingerprint density at radius 3 is 2.55 bits per heavy atom. The number of aryl methyl sites for hydroxylation is 1. The van der Waals surface area contributed by atoms with E-state index < -0.39 is 10.0 Å². The quantitative estimate of drug-likeness (QED) is 0.555. The van der Waals surface area contributed by atoms with Gasteiger partial charge in [-0.05, 0) is 37.8 Å². The van der Waals surface area contributed by atoms with E-state index in [0.29, 0.717) is 44.0 Å². The number of nitrogens with zero attached hydrogens (tertiary/aromatic N) is 3.